The van der Waals surface area contributed by atoms with Gasteiger partial charge in [-0.2, -0.15) is 0 Å². The predicted molar refractivity (Wildman–Crippen MR) is 111 cm³/mol. The molecule has 3 aromatic rings. The van der Waals surface area contributed by atoms with Crippen molar-refractivity contribution in [2.75, 3.05) is 18.5 Å². The van der Waals surface area contributed by atoms with Crippen LogP contribution in [0.4, 0.5) is 5.69 Å². The molecule has 0 bridgehead atoms. The second kappa shape index (κ2) is 8.79. The second-order valence-corrected chi connectivity index (χ2v) is 7.55. The number of nitrogens with one attached hydrogen (secondary N) is 2. The summed E-state index contributed by atoms with van der Waals surface area (Å²) in [6.45, 7) is 0.973. The maximum Gasteiger partial charge on any atom is 0.251 e. The fourth-order valence-corrected chi connectivity index (χ4v) is 3.77. The number of hydrogen-bond acceptors (Lipinski definition) is 5. The van der Waals surface area contributed by atoms with Crippen molar-refractivity contribution in [3.8, 4) is 11.5 Å². The highest BCUT2D eigenvalue weighted by molar-refractivity contribution is 7.10. The Labute approximate surface area is 172 Å². The Morgan fingerprint density at radius 3 is 2.52 bits per heavy atom. The predicted octanol–water partition coefficient (Wildman–Crippen LogP) is 3.56. The van der Waals surface area contributed by atoms with Gasteiger partial charge in [-0.15, -0.1) is 11.3 Å². The van der Waals surface area contributed by atoms with Gasteiger partial charge >= 0.3 is 0 Å². The molecule has 0 fully saturated rings. The Kier molecular flexibility index (Phi) is 5.76. The van der Waals surface area contributed by atoms with Gasteiger partial charge in [0.05, 0.1) is 6.42 Å². The lowest BCUT2D eigenvalue weighted by Gasteiger charge is -2.21. The summed E-state index contributed by atoms with van der Waals surface area (Å²) in [6.07, 6.45) is 0.234. The Morgan fingerprint density at radius 1 is 0.966 bits per heavy atom. The van der Waals surface area contributed by atoms with Gasteiger partial charge in [-0.3, -0.25) is 9.59 Å². The molecule has 1 aromatic heterocycles. The summed E-state index contributed by atoms with van der Waals surface area (Å²) in [7, 11) is 0. The molecule has 0 spiro atoms. The number of ether oxygens (including phenoxy) is 2. The first-order valence-electron chi connectivity index (χ1n) is 9.26. The van der Waals surface area contributed by atoms with E-state index in [-0.39, 0.29) is 18.2 Å². The van der Waals surface area contributed by atoms with Gasteiger partial charge in [0, 0.05) is 16.6 Å². The molecule has 2 aromatic carbocycles. The molecule has 0 saturated heterocycles. The number of hydrogen-bond donors (Lipinski definition) is 2. The van der Waals surface area contributed by atoms with Crippen LogP contribution in [0, 0.1) is 0 Å². The summed E-state index contributed by atoms with van der Waals surface area (Å²) >= 11 is 1.51. The molecule has 2 amide bonds. The van der Waals surface area contributed by atoms with Crippen LogP contribution in [0.3, 0.4) is 0 Å². The van der Waals surface area contributed by atoms with Gasteiger partial charge in [0.15, 0.2) is 11.5 Å². The minimum Gasteiger partial charge on any atom is -0.486 e. The highest BCUT2D eigenvalue weighted by Gasteiger charge is 2.23. The largest absolute Gasteiger partial charge is 0.486 e. The summed E-state index contributed by atoms with van der Waals surface area (Å²) < 4.78 is 11.1. The lowest BCUT2D eigenvalue weighted by Crippen LogP contribution is -2.37. The average Bonchev–Trinajstić information content (AvgIpc) is 3.25. The molecule has 4 rings (SSSR count). The number of anilines is 1. The molecule has 29 heavy (non-hydrogen) atoms. The fourth-order valence-electron chi connectivity index (χ4n) is 3.06. The summed E-state index contributed by atoms with van der Waals surface area (Å²) in [4.78, 5) is 26.5. The first-order valence-corrected chi connectivity index (χ1v) is 10.1. The summed E-state index contributed by atoms with van der Waals surface area (Å²) in [5.41, 5.74) is 1.29. The van der Waals surface area contributed by atoms with Crippen molar-refractivity contribution < 1.29 is 19.1 Å². The SMILES string of the molecule is O=C(Cc1cccs1)N[C@H](C(=O)Nc1ccc2c(c1)OCCO2)c1ccccc1. The number of benzene rings is 2. The third kappa shape index (κ3) is 4.75. The Hall–Kier alpha value is -3.32. The van der Waals surface area contributed by atoms with Gasteiger partial charge in [-0.1, -0.05) is 36.4 Å². The van der Waals surface area contributed by atoms with E-state index >= 15 is 0 Å². The number of thiophene rings is 1. The number of rotatable bonds is 6. The highest BCUT2D eigenvalue weighted by Crippen LogP contribution is 2.33. The van der Waals surface area contributed by atoms with Crippen LogP contribution >= 0.6 is 11.3 Å². The minimum absolute atomic E-state index is 0.210. The van der Waals surface area contributed by atoms with Crippen LogP contribution in [-0.2, 0) is 16.0 Å². The van der Waals surface area contributed by atoms with Crippen molar-refractivity contribution in [3.05, 3.63) is 76.5 Å². The van der Waals surface area contributed by atoms with E-state index < -0.39 is 6.04 Å². The molecule has 0 saturated carbocycles. The molecule has 1 aliphatic rings. The van der Waals surface area contributed by atoms with E-state index in [4.69, 9.17) is 9.47 Å². The number of carbonyl (C=O) groups is 2. The van der Waals surface area contributed by atoms with Gasteiger partial charge in [0.25, 0.3) is 5.91 Å². The molecule has 2 heterocycles. The van der Waals surface area contributed by atoms with E-state index in [0.29, 0.717) is 36.0 Å². The zero-order valence-electron chi connectivity index (χ0n) is 15.6. The second-order valence-electron chi connectivity index (χ2n) is 6.52. The zero-order valence-corrected chi connectivity index (χ0v) is 16.4. The molecule has 1 aliphatic heterocycles. The number of carbonyl (C=O) groups excluding carboxylic acids is 2. The van der Waals surface area contributed by atoms with Crippen molar-refractivity contribution >= 4 is 28.8 Å². The van der Waals surface area contributed by atoms with E-state index in [0.717, 1.165) is 4.88 Å². The van der Waals surface area contributed by atoms with Crippen molar-refractivity contribution in [1.82, 2.24) is 5.32 Å². The highest BCUT2D eigenvalue weighted by atomic mass is 32.1. The van der Waals surface area contributed by atoms with Crippen LogP contribution in [0.2, 0.25) is 0 Å². The first-order chi connectivity index (χ1) is 14.2. The van der Waals surface area contributed by atoms with Crippen LogP contribution in [0.5, 0.6) is 11.5 Å². The molecular formula is C22H20N2O4S. The van der Waals surface area contributed by atoms with E-state index in [2.05, 4.69) is 10.6 Å². The van der Waals surface area contributed by atoms with Gasteiger partial charge in [-0.25, -0.2) is 0 Å². The smallest absolute Gasteiger partial charge is 0.251 e. The van der Waals surface area contributed by atoms with Crippen LogP contribution in [0.1, 0.15) is 16.5 Å². The molecule has 6 nitrogen and oxygen atoms in total. The molecule has 0 unspecified atom stereocenters. The van der Waals surface area contributed by atoms with Crippen molar-refractivity contribution in [2.24, 2.45) is 0 Å². The standard InChI is InChI=1S/C22H20N2O4S/c25-20(14-17-7-4-12-29-17)24-21(15-5-2-1-3-6-15)22(26)23-16-8-9-18-19(13-16)28-11-10-27-18/h1-9,12-13,21H,10-11,14H2,(H,23,26)(H,24,25)/t21-/m0/s1. The summed E-state index contributed by atoms with van der Waals surface area (Å²) in [5, 5.41) is 7.64. The monoisotopic (exact) mass is 408 g/mol. The van der Waals surface area contributed by atoms with E-state index in [1.54, 1.807) is 18.2 Å². The Balaban J connectivity index is 1.51. The van der Waals surface area contributed by atoms with Gasteiger partial charge in [-0.05, 0) is 29.1 Å². The molecule has 1 atom stereocenters. The van der Waals surface area contributed by atoms with Gasteiger partial charge < -0.3 is 20.1 Å². The third-order valence-corrected chi connectivity index (χ3v) is 5.30. The minimum atomic E-state index is -0.808. The molecule has 0 aliphatic carbocycles. The summed E-state index contributed by atoms with van der Waals surface area (Å²) in [6, 6.07) is 17.4. The Morgan fingerprint density at radius 2 is 1.76 bits per heavy atom. The number of amides is 2. The lowest BCUT2D eigenvalue weighted by atomic mass is 10.1. The van der Waals surface area contributed by atoms with Gasteiger partial charge in [0.1, 0.15) is 19.3 Å². The molecule has 148 valence electrons. The van der Waals surface area contributed by atoms with E-state index in [1.165, 1.54) is 11.3 Å². The normalized spacial score (nSPS) is 13.4. The molecule has 2 N–H and O–H groups in total. The first kappa shape index (κ1) is 19.0. The average molecular weight is 408 g/mol. The third-order valence-electron chi connectivity index (χ3n) is 4.43. The molecule has 0 radical (unpaired) electrons. The van der Waals surface area contributed by atoms with E-state index in [9.17, 15) is 9.59 Å². The van der Waals surface area contributed by atoms with Crippen molar-refractivity contribution in [3.63, 3.8) is 0 Å². The maximum absolute atomic E-state index is 13.0. The van der Waals surface area contributed by atoms with Crippen LogP contribution < -0.4 is 20.1 Å². The van der Waals surface area contributed by atoms with Crippen molar-refractivity contribution in [2.45, 2.75) is 12.5 Å². The van der Waals surface area contributed by atoms with Gasteiger partial charge in [0.2, 0.25) is 5.91 Å². The van der Waals surface area contributed by atoms with E-state index in [1.807, 2.05) is 47.8 Å². The quantitative estimate of drug-likeness (QED) is 0.654. The zero-order chi connectivity index (χ0) is 20.1. The maximum atomic E-state index is 13.0. The van der Waals surface area contributed by atoms with Crippen molar-refractivity contribution in [1.29, 1.82) is 0 Å². The molecular weight excluding hydrogens is 388 g/mol. The Bertz CT molecular complexity index is 989. The lowest BCUT2D eigenvalue weighted by molar-refractivity contribution is -0.126. The summed E-state index contributed by atoms with van der Waals surface area (Å²) in [5.74, 6) is 0.705. The number of fused-ring (bicyclic) bond motifs is 1. The molecule has 7 heteroatoms. The fraction of sp³-hybridized carbons (Fsp3) is 0.182. The topological polar surface area (TPSA) is 76.7 Å². The van der Waals surface area contributed by atoms with Crippen LogP contribution in [0.15, 0.2) is 66.0 Å². The van der Waals surface area contributed by atoms with Crippen LogP contribution in [0.25, 0.3) is 0 Å². The van der Waals surface area contributed by atoms with Crippen LogP contribution in [-0.4, -0.2) is 25.0 Å².